The van der Waals surface area contributed by atoms with E-state index in [1.807, 2.05) is 0 Å². The molecule has 0 fully saturated rings. The molecule has 1 unspecified atom stereocenters. The molecule has 0 aliphatic heterocycles. The molecular weight excluding hydrogens is 390 g/mol. The number of carbonyl (C=O) groups is 2. The summed E-state index contributed by atoms with van der Waals surface area (Å²) in [5.74, 6) is 0.621. The van der Waals surface area contributed by atoms with Crippen molar-refractivity contribution in [3.05, 3.63) is 54.6 Å². The molecule has 1 atom stereocenters. The Morgan fingerprint density at radius 1 is 1.00 bits per heavy atom. The molecule has 0 radical (unpaired) electrons. The van der Waals surface area contributed by atoms with E-state index in [4.69, 9.17) is 23.7 Å². The molecule has 0 saturated carbocycles. The number of hydrogen-bond donors (Lipinski definition) is 1. The molecular formula is C22H25NO7. The summed E-state index contributed by atoms with van der Waals surface area (Å²) in [6, 6.07) is 9.57. The SMILES string of the molecule is C=CCOc1ccc(C(=O)OC(C)C(=O)Nc2cc(OC)ccc2OC)cc1OC. The number of ether oxygens (including phenoxy) is 5. The van der Waals surface area contributed by atoms with Crippen LogP contribution in [-0.2, 0) is 9.53 Å². The van der Waals surface area contributed by atoms with Crippen molar-refractivity contribution in [3.8, 4) is 23.0 Å². The summed E-state index contributed by atoms with van der Waals surface area (Å²) in [7, 11) is 4.46. The van der Waals surface area contributed by atoms with Gasteiger partial charge in [-0.3, -0.25) is 4.79 Å². The van der Waals surface area contributed by atoms with Crippen LogP contribution in [0.5, 0.6) is 23.0 Å². The lowest BCUT2D eigenvalue weighted by Gasteiger charge is -2.16. The van der Waals surface area contributed by atoms with Gasteiger partial charge >= 0.3 is 5.97 Å². The number of anilines is 1. The van der Waals surface area contributed by atoms with Gasteiger partial charge in [0.25, 0.3) is 5.91 Å². The summed E-state index contributed by atoms with van der Waals surface area (Å²) in [5.41, 5.74) is 0.617. The Labute approximate surface area is 175 Å². The van der Waals surface area contributed by atoms with Crippen molar-refractivity contribution < 1.29 is 33.3 Å². The molecule has 0 bridgehead atoms. The first-order valence-electron chi connectivity index (χ1n) is 9.09. The number of amides is 1. The fourth-order valence-electron chi connectivity index (χ4n) is 2.49. The van der Waals surface area contributed by atoms with E-state index in [9.17, 15) is 9.59 Å². The maximum absolute atomic E-state index is 12.5. The van der Waals surface area contributed by atoms with Crippen molar-refractivity contribution in [1.29, 1.82) is 0 Å². The molecule has 8 nitrogen and oxygen atoms in total. The van der Waals surface area contributed by atoms with E-state index >= 15 is 0 Å². The van der Waals surface area contributed by atoms with Gasteiger partial charge in [-0.2, -0.15) is 0 Å². The lowest BCUT2D eigenvalue weighted by atomic mass is 10.2. The molecule has 160 valence electrons. The first-order valence-corrected chi connectivity index (χ1v) is 9.09. The third-order valence-corrected chi connectivity index (χ3v) is 4.07. The van der Waals surface area contributed by atoms with Gasteiger partial charge in [-0.1, -0.05) is 12.7 Å². The van der Waals surface area contributed by atoms with Gasteiger partial charge in [0, 0.05) is 6.07 Å². The van der Waals surface area contributed by atoms with Crippen molar-refractivity contribution in [3.63, 3.8) is 0 Å². The number of nitrogens with one attached hydrogen (secondary N) is 1. The zero-order chi connectivity index (χ0) is 22.1. The molecule has 8 heteroatoms. The fourth-order valence-corrected chi connectivity index (χ4v) is 2.49. The Morgan fingerprint density at radius 2 is 1.70 bits per heavy atom. The van der Waals surface area contributed by atoms with Crippen LogP contribution in [0.4, 0.5) is 5.69 Å². The number of benzene rings is 2. The van der Waals surface area contributed by atoms with E-state index in [1.165, 1.54) is 40.4 Å². The average Bonchev–Trinajstić information content (AvgIpc) is 2.77. The van der Waals surface area contributed by atoms with Gasteiger partial charge in [-0.15, -0.1) is 0 Å². The maximum atomic E-state index is 12.5. The smallest absolute Gasteiger partial charge is 0.339 e. The maximum Gasteiger partial charge on any atom is 0.339 e. The van der Waals surface area contributed by atoms with E-state index in [0.717, 1.165) is 0 Å². The molecule has 1 amide bonds. The van der Waals surface area contributed by atoms with Gasteiger partial charge in [-0.05, 0) is 37.3 Å². The summed E-state index contributed by atoms with van der Waals surface area (Å²) in [6.45, 7) is 5.35. The van der Waals surface area contributed by atoms with Crippen LogP contribution in [0.1, 0.15) is 17.3 Å². The molecule has 30 heavy (non-hydrogen) atoms. The van der Waals surface area contributed by atoms with Gasteiger partial charge in [0.1, 0.15) is 18.1 Å². The lowest BCUT2D eigenvalue weighted by molar-refractivity contribution is -0.123. The standard InChI is InChI=1S/C22H25NO7/c1-6-11-29-19-9-7-15(12-20(19)28-5)22(25)30-14(2)21(24)23-17-13-16(26-3)8-10-18(17)27-4/h6-10,12-14H,1,11H2,2-5H3,(H,23,24). The Balaban J connectivity index is 2.08. The number of methoxy groups -OCH3 is 3. The van der Waals surface area contributed by atoms with Crippen LogP contribution in [-0.4, -0.2) is 45.9 Å². The topological polar surface area (TPSA) is 92.3 Å². The second-order valence-electron chi connectivity index (χ2n) is 6.07. The van der Waals surface area contributed by atoms with Crippen LogP contribution < -0.4 is 24.3 Å². The van der Waals surface area contributed by atoms with Crippen LogP contribution >= 0.6 is 0 Å². The van der Waals surface area contributed by atoms with Crippen LogP contribution in [0.15, 0.2) is 49.1 Å². The van der Waals surface area contributed by atoms with Gasteiger partial charge < -0.3 is 29.0 Å². The third kappa shape index (κ3) is 5.66. The van der Waals surface area contributed by atoms with Gasteiger partial charge in [0.2, 0.25) is 0 Å². The van der Waals surface area contributed by atoms with Crippen LogP contribution in [0.3, 0.4) is 0 Å². The number of hydrogen-bond acceptors (Lipinski definition) is 7. The molecule has 0 aromatic heterocycles. The zero-order valence-electron chi connectivity index (χ0n) is 17.4. The minimum Gasteiger partial charge on any atom is -0.497 e. The van der Waals surface area contributed by atoms with Crippen LogP contribution in [0, 0.1) is 0 Å². The highest BCUT2D eigenvalue weighted by molar-refractivity contribution is 5.98. The molecule has 2 rings (SSSR count). The Hall–Kier alpha value is -3.68. The van der Waals surface area contributed by atoms with E-state index in [0.29, 0.717) is 35.3 Å². The van der Waals surface area contributed by atoms with Crippen LogP contribution in [0.2, 0.25) is 0 Å². The van der Waals surface area contributed by atoms with Gasteiger partial charge in [0.15, 0.2) is 17.6 Å². The highest BCUT2D eigenvalue weighted by Crippen LogP contribution is 2.30. The molecule has 0 saturated heterocycles. The van der Waals surface area contributed by atoms with Gasteiger partial charge in [0.05, 0.1) is 32.6 Å². The van der Waals surface area contributed by atoms with E-state index < -0.39 is 18.0 Å². The quantitative estimate of drug-likeness (QED) is 0.469. The number of esters is 1. The van der Waals surface area contributed by atoms with E-state index in [2.05, 4.69) is 11.9 Å². The lowest BCUT2D eigenvalue weighted by Crippen LogP contribution is -2.30. The Bertz CT molecular complexity index is 910. The summed E-state index contributed by atoms with van der Waals surface area (Å²) in [5, 5.41) is 2.67. The Morgan fingerprint density at radius 3 is 2.33 bits per heavy atom. The Kier molecular flexibility index (Phi) is 8.10. The molecule has 0 aliphatic rings. The second-order valence-corrected chi connectivity index (χ2v) is 6.07. The highest BCUT2D eigenvalue weighted by Gasteiger charge is 2.21. The van der Waals surface area contributed by atoms with Gasteiger partial charge in [-0.25, -0.2) is 4.79 Å². The molecule has 0 spiro atoms. The largest absolute Gasteiger partial charge is 0.497 e. The predicted octanol–water partition coefficient (Wildman–Crippen LogP) is 3.46. The molecule has 1 N–H and O–H groups in total. The normalized spacial score (nSPS) is 11.1. The molecule has 2 aromatic rings. The monoisotopic (exact) mass is 415 g/mol. The molecule has 0 heterocycles. The highest BCUT2D eigenvalue weighted by atomic mass is 16.5. The summed E-state index contributed by atoms with van der Waals surface area (Å²) < 4.78 is 26.4. The summed E-state index contributed by atoms with van der Waals surface area (Å²) in [6.07, 6.45) is 0.537. The van der Waals surface area contributed by atoms with E-state index in [-0.39, 0.29) is 5.56 Å². The fraction of sp³-hybridized carbons (Fsp3) is 0.273. The average molecular weight is 415 g/mol. The number of rotatable bonds is 10. The first-order chi connectivity index (χ1) is 14.4. The summed E-state index contributed by atoms with van der Waals surface area (Å²) in [4.78, 5) is 25.0. The second kappa shape index (κ2) is 10.8. The van der Waals surface area contributed by atoms with Crippen LogP contribution in [0.25, 0.3) is 0 Å². The van der Waals surface area contributed by atoms with Crippen molar-refractivity contribution in [1.82, 2.24) is 0 Å². The predicted molar refractivity (Wildman–Crippen MR) is 112 cm³/mol. The van der Waals surface area contributed by atoms with E-state index in [1.54, 1.807) is 30.3 Å². The number of carbonyl (C=O) groups excluding carboxylic acids is 2. The summed E-state index contributed by atoms with van der Waals surface area (Å²) >= 11 is 0. The van der Waals surface area contributed by atoms with Crippen molar-refractivity contribution >= 4 is 17.6 Å². The van der Waals surface area contributed by atoms with Crippen molar-refractivity contribution in [2.24, 2.45) is 0 Å². The molecule has 2 aromatic carbocycles. The van der Waals surface area contributed by atoms with Crippen molar-refractivity contribution in [2.75, 3.05) is 33.3 Å². The molecule has 0 aliphatic carbocycles. The first kappa shape index (κ1) is 22.6. The minimum absolute atomic E-state index is 0.219. The zero-order valence-corrected chi connectivity index (χ0v) is 17.4. The minimum atomic E-state index is -1.06. The van der Waals surface area contributed by atoms with Crippen molar-refractivity contribution in [2.45, 2.75) is 13.0 Å². The third-order valence-electron chi connectivity index (χ3n) is 4.07.